The molecule has 3 rings (SSSR count). The average molecular weight is 303 g/mol. The zero-order valence-corrected chi connectivity index (χ0v) is 12.2. The molecule has 3 aromatic rings. The Balaban J connectivity index is 1.93. The number of thiophene rings is 1. The van der Waals surface area contributed by atoms with Gasteiger partial charge in [-0.3, -0.25) is 9.59 Å². The van der Waals surface area contributed by atoms with Gasteiger partial charge < -0.3 is 15.3 Å². The molecule has 0 aliphatic rings. The minimum atomic E-state index is -0.247. The summed E-state index contributed by atoms with van der Waals surface area (Å²) < 4.78 is 0. The van der Waals surface area contributed by atoms with Crippen LogP contribution in [0.3, 0.4) is 0 Å². The number of imidazole rings is 1. The molecule has 108 valence electrons. The summed E-state index contributed by atoms with van der Waals surface area (Å²) in [6, 6.07) is -0.247. The topological polar surface area (TPSA) is 104 Å². The third kappa shape index (κ3) is 2.33. The fourth-order valence-electron chi connectivity index (χ4n) is 2.14. The highest BCUT2D eigenvalue weighted by Gasteiger charge is 2.20. The Hall–Kier alpha value is -2.48. The van der Waals surface area contributed by atoms with E-state index in [4.69, 9.17) is 0 Å². The average Bonchev–Trinajstić information content (AvgIpc) is 3.07. The molecule has 1 atom stereocenters. The minimum Gasteiger partial charge on any atom is -0.347 e. The standard InChI is InChI=1S/C13H13N5O2S/c1-6-8-11(19)16-5-17-13(8)21-9(6)12(20)18-7(2)10-14-3-4-15-10/h3-5,7H,1-2H3,(H,14,15)(H,18,20)(H,16,17,19). The number of H-pyrrole nitrogens is 2. The number of rotatable bonds is 3. The van der Waals surface area contributed by atoms with Crippen LogP contribution in [0.5, 0.6) is 0 Å². The van der Waals surface area contributed by atoms with Gasteiger partial charge in [-0.05, 0) is 19.4 Å². The molecule has 0 bridgehead atoms. The van der Waals surface area contributed by atoms with Crippen molar-refractivity contribution in [3.05, 3.63) is 45.3 Å². The van der Waals surface area contributed by atoms with Crippen molar-refractivity contribution >= 4 is 27.5 Å². The molecule has 21 heavy (non-hydrogen) atoms. The monoisotopic (exact) mass is 303 g/mol. The number of aryl methyl sites for hydroxylation is 1. The number of aromatic amines is 2. The van der Waals surface area contributed by atoms with Gasteiger partial charge in [0.2, 0.25) is 0 Å². The molecule has 0 aliphatic heterocycles. The Morgan fingerprint density at radius 3 is 2.86 bits per heavy atom. The predicted molar refractivity (Wildman–Crippen MR) is 79.4 cm³/mol. The maximum absolute atomic E-state index is 12.4. The summed E-state index contributed by atoms with van der Waals surface area (Å²) in [4.78, 5) is 38.9. The maximum Gasteiger partial charge on any atom is 0.262 e. The van der Waals surface area contributed by atoms with Crippen LogP contribution in [0.4, 0.5) is 0 Å². The van der Waals surface area contributed by atoms with Crippen LogP contribution in [0.1, 0.15) is 34.0 Å². The molecular formula is C13H13N5O2S. The number of hydrogen-bond acceptors (Lipinski definition) is 5. The smallest absolute Gasteiger partial charge is 0.262 e. The molecule has 0 saturated heterocycles. The van der Waals surface area contributed by atoms with Gasteiger partial charge in [-0.25, -0.2) is 9.97 Å². The summed E-state index contributed by atoms with van der Waals surface area (Å²) >= 11 is 1.21. The summed E-state index contributed by atoms with van der Waals surface area (Å²) in [5.41, 5.74) is 0.417. The Morgan fingerprint density at radius 2 is 2.19 bits per heavy atom. The Labute approximate surface area is 123 Å². The SMILES string of the molecule is Cc1c(C(=O)NC(C)c2ncc[nH]2)sc2nc[nH]c(=O)c12. The Morgan fingerprint density at radius 1 is 1.38 bits per heavy atom. The third-order valence-electron chi connectivity index (χ3n) is 3.22. The van der Waals surface area contributed by atoms with Crippen molar-refractivity contribution in [2.45, 2.75) is 19.9 Å². The molecule has 0 aliphatic carbocycles. The molecule has 0 spiro atoms. The summed E-state index contributed by atoms with van der Waals surface area (Å²) in [7, 11) is 0. The van der Waals surface area contributed by atoms with Crippen LogP contribution < -0.4 is 10.9 Å². The number of nitrogens with one attached hydrogen (secondary N) is 3. The number of aromatic nitrogens is 4. The van der Waals surface area contributed by atoms with Crippen LogP contribution >= 0.6 is 11.3 Å². The Kier molecular flexibility index (Phi) is 3.30. The third-order valence-corrected chi connectivity index (χ3v) is 4.41. The second-order valence-electron chi connectivity index (χ2n) is 4.64. The molecule has 3 N–H and O–H groups in total. The summed E-state index contributed by atoms with van der Waals surface area (Å²) in [6.07, 6.45) is 4.67. The van der Waals surface area contributed by atoms with Gasteiger partial charge in [-0.1, -0.05) is 0 Å². The van der Waals surface area contributed by atoms with Gasteiger partial charge >= 0.3 is 0 Å². The first-order valence-electron chi connectivity index (χ1n) is 6.35. The first-order valence-corrected chi connectivity index (χ1v) is 7.16. The van der Waals surface area contributed by atoms with Crippen molar-refractivity contribution in [2.24, 2.45) is 0 Å². The van der Waals surface area contributed by atoms with Gasteiger partial charge in [0.05, 0.1) is 22.6 Å². The van der Waals surface area contributed by atoms with Crippen LogP contribution in [-0.2, 0) is 0 Å². The number of amides is 1. The maximum atomic E-state index is 12.4. The van der Waals surface area contributed by atoms with Crippen molar-refractivity contribution in [2.75, 3.05) is 0 Å². The molecule has 0 saturated carbocycles. The molecule has 7 nitrogen and oxygen atoms in total. The van der Waals surface area contributed by atoms with Crippen LogP contribution in [-0.4, -0.2) is 25.8 Å². The highest BCUT2D eigenvalue weighted by molar-refractivity contribution is 7.20. The van der Waals surface area contributed by atoms with Gasteiger partial charge in [0, 0.05) is 12.4 Å². The summed E-state index contributed by atoms with van der Waals surface area (Å²) in [6.45, 7) is 3.59. The molecule has 0 aromatic carbocycles. The number of carbonyl (C=O) groups is 1. The van der Waals surface area contributed by atoms with Crippen LogP contribution in [0.25, 0.3) is 10.2 Å². The molecule has 1 amide bonds. The van der Waals surface area contributed by atoms with Crippen LogP contribution in [0, 0.1) is 6.92 Å². The molecule has 1 unspecified atom stereocenters. The Bertz CT molecular complexity index is 849. The molecular weight excluding hydrogens is 290 g/mol. The minimum absolute atomic E-state index is 0.230. The first-order chi connectivity index (χ1) is 10.1. The second kappa shape index (κ2) is 5.13. The van der Waals surface area contributed by atoms with Crippen LogP contribution in [0.2, 0.25) is 0 Å². The van der Waals surface area contributed by atoms with E-state index in [1.807, 2.05) is 6.92 Å². The molecule has 0 radical (unpaired) electrons. The number of hydrogen-bond donors (Lipinski definition) is 3. The van der Waals surface area contributed by atoms with Crippen molar-refractivity contribution in [3.63, 3.8) is 0 Å². The highest BCUT2D eigenvalue weighted by Crippen LogP contribution is 2.26. The van der Waals surface area contributed by atoms with Crippen LogP contribution in [0.15, 0.2) is 23.5 Å². The van der Waals surface area contributed by atoms with E-state index in [9.17, 15) is 9.59 Å². The van der Waals surface area contributed by atoms with Crippen molar-refractivity contribution in [1.29, 1.82) is 0 Å². The predicted octanol–water partition coefficient (Wildman–Crippen LogP) is 1.51. The zero-order valence-electron chi connectivity index (χ0n) is 11.4. The van der Waals surface area contributed by atoms with E-state index in [0.29, 0.717) is 26.5 Å². The van der Waals surface area contributed by atoms with E-state index in [0.717, 1.165) is 0 Å². The normalized spacial score (nSPS) is 12.5. The highest BCUT2D eigenvalue weighted by atomic mass is 32.1. The molecule has 3 heterocycles. The van der Waals surface area contributed by atoms with E-state index in [-0.39, 0.29) is 17.5 Å². The molecule has 8 heteroatoms. The summed E-state index contributed by atoms with van der Waals surface area (Å²) in [5.74, 6) is 0.442. The lowest BCUT2D eigenvalue weighted by Gasteiger charge is -2.10. The fourth-order valence-corrected chi connectivity index (χ4v) is 3.19. The van der Waals surface area contributed by atoms with Gasteiger partial charge in [0.25, 0.3) is 11.5 Å². The van der Waals surface area contributed by atoms with Gasteiger partial charge in [-0.2, -0.15) is 0 Å². The number of fused-ring (bicyclic) bond motifs is 1. The molecule has 0 fully saturated rings. The van der Waals surface area contributed by atoms with Gasteiger partial charge in [0.15, 0.2) is 0 Å². The summed E-state index contributed by atoms with van der Waals surface area (Å²) in [5, 5.41) is 3.33. The van der Waals surface area contributed by atoms with Crippen molar-refractivity contribution < 1.29 is 4.79 Å². The first kappa shape index (κ1) is 13.5. The zero-order chi connectivity index (χ0) is 15.0. The lowest BCUT2D eigenvalue weighted by atomic mass is 10.2. The second-order valence-corrected chi connectivity index (χ2v) is 5.64. The lowest BCUT2D eigenvalue weighted by molar-refractivity contribution is 0.0942. The van der Waals surface area contributed by atoms with E-state index in [1.54, 1.807) is 19.3 Å². The lowest BCUT2D eigenvalue weighted by Crippen LogP contribution is -2.27. The van der Waals surface area contributed by atoms with E-state index >= 15 is 0 Å². The van der Waals surface area contributed by atoms with Gasteiger partial charge in [0.1, 0.15) is 10.7 Å². The van der Waals surface area contributed by atoms with Crippen molar-refractivity contribution in [1.82, 2.24) is 25.3 Å². The van der Waals surface area contributed by atoms with E-state index < -0.39 is 0 Å². The fraction of sp³-hybridized carbons (Fsp3) is 0.231. The van der Waals surface area contributed by atoms with E-state index in [2.05, 4.69) is 25.3 Å². The van der Waals surface area contributed by atoms with Crippen molar-refractivity contribution in [3.8, 4) is 0 Å². The van der Waals surface area contributed by atoms with E-state index in [1.165, 1.54) is 17.7 Å². The number of carbonyl (C=O) groups excluding carboxylic acids is 1. The molecule has 3 aromatic heterocycles. The largest absolute Gasteiger partial charge is 0.347 e. The quantitative estimate of drug-likeness (QED) is 0.682. The van der Waals surface area contributed by atoms with Gasteiger partial charge in [-0.15, -0.1) is 11.3 Å². The number of nitrogens with zero attached hydrogens (tertiary/aromatic N) is 2.